The first-order valence-corrected chi connectivity index (χ1v) is 9.98. The van der Waals surface area contributed by atoms with Crippen molar-refractivity contribution in [2.75, 3.05) is 13.7 Å². The molecule has 0 saturated heterocycles. The van der Waals surface area contributed by atoms with Crippen molar-refractivity contribution in [3.63, 3.8) is 0 Å². The van der Waals surface area contributed by atoms with Crippen molar-refractivity contribution in [2.45, 2.75) is 25.5 Å². The molecule has 0 unspecified atom stereocenters. The van der Waals surface area contributed by atoms with E-state index in [4.69, 9.17) is 9.47 Å². The number of methoxy groups -OCH3 is 1. The third-order valence-electron chi connectivity index (χ3n) is 4.23. The van der Waals surface area contributed by atoms with Crippen LogP contribution >= 0.6 is 0 Å². The number of ether oxygens (including phenoxy) is 3. The zero-order chi connectivity index (χ0) is 23.2. The Bertz CT molecular complexity index is 991. The van der Waals surface area contributed by atoms with E-state index >= 15 is 0 Å². The topological polar surface area (TPSA) is 90.9 Å². The highest BCUT2D eigenvalue weighted by Crippen LogP contribution is 2.16. The van der Waals surface area contributed by atoms with Crippen molar-refractivity contribution in [2.24, 2.45) is 0 Å². The molecule has 1 N–H and O–H groups in total. The molecule has 2 aromatic carbocycles. The van der Waals surface area contributed by atoms with Crippen LogP contribution in [0.15, 0.2) is 72.8 Å². The van der Waals surface area contributed by atoms with E-state index in [1.54, 1.807) is 43.3 Å². The number of amides is 1. The summed E-state index contributed by atoms with van der Waals surface area (Å²) in [5.41, 5.74) is -0.354. The van der Waals surface area contributed by atoms with Crippen molar-refractivity contribution >= 4 is 18.0 Å². The second-order valence-corrected chi connectivity index (χ2v) is 6.56. The van der Waals surface area contributed by atoms with Gasteiger partial charge in [-0.1, -0.05) is 66.4 Å². The van der Waals surface area contributed by atoms with Crippen molar-refractivity contribution in [1.82, 2.24) is 5.32 Å². The second kappa shape index (κ2) is 12.6. The molecular formula is C25H25NO6. The highest BCUT2D eigenvalue weighted by molar-refractivity contribution is 5.90. The molecule has 0 aliphatic heterocycles. The molecule has 2 rings (SSSR count). The lowest BCUT2D eigenvalue weighted by Gasteiger charge is -2.26. The fourth-order valence-electron chi connectivity index (χ4n) is 2.61. The van der Waals surface area contributed by atoms with Crippen LogP contribution in [0.3, 0.4) is 0 Å². The summed E-state index contributed by atoms with van der Waals surface area (Å²) in [4.78, 5) is 37.0. The average Bonchev–Trinajstić information content (AvgIpc) is 2.82. The van der Waals surface area contributed by atoms with Crippen LogP contribution in [0, 0.1) is 11.8 Å². The molecule has 1 atom stereocenters. The van der Waals surface area contributed by atoms with Crippen LogP contribution < -0.4 is 5.32 Å². The predicted octanol–water partition coefficient (Wildman–Crippen LogP) is 3.39. The van der Waals surface area contributed by atoms with Gasteiger partial charge in [-0.3, -0.25) is 5.32 Å². The summed E-state index contributed by atoms with van der Waals surface area (Å²) >= 11 is 0. The van der Waals surface area contributed by atoms with Crippen molar-refractivity contribution < 1.29 is 28.6 Å². The Balaban J connectivity index is 2.32. The number of carbonyl (C=O) groups is 3. The third kappa shape index (κ3) is 7.65. The standard InChI is InChI=1S/C25H25NO6/c1-3-31-23(28)25(17-10-15-22(27)30-2,18-16-20-11-6-4-7-12-20)26-24(29)32-19-21-13-8-5-9-14-21/h4-15H,3,17,19H2,1-2H3,(H,26,29)/b15-10+/t25-/m1/s1. The van der Waals surface area contributed by atoms with Gasteiger partial charge >= 0.3 is 18.0 Å². The number of nitrogens with one attached hydrogen (secondary N) is 1. The maximum Gasteiger partial charge on any atom is 0.409 e. The van der Waals surface area contributed by atoms with Crippen LogP contribution in [0.2, 0.25) is 0 Å². The normalized spacial score (nSPS) is 12.1. The molecule has 0 aliphatic carbocycles. The van der Waals surface area contributed by atoms with Gasteiger partial charge in [0.05, 0.1) is 13.7 Å². The van der Waals surface area contributed by atoms with Gasteiger partial charge in [0.1, 0.15) is 6.61 Å². The summed E-state index contributed by atoms with van der Waals surface area (Å²) in [6.07, 6.45) is 1.55. The SMILES string of the molecule is CCOC(=O)[C@](C#Cc1ccccc1)(C/C=C/C(=O)OC)NC(=O)OCc1ccccc1. The first-order chi connectivity index (χ1) is 15.5. The number of hydrogen-bond donors (Lipinski definition) is 1. The second-order valence-electron chi connectivity index (χ2n) is 6.56. The van der Waals surface area contributed by atoms with Crippen LogP contribution in [-0.4, -0.2) is 37.3 Å². The third-order valence-corrected chi connectivity index (χ3v) is 4.23. The lowest BCUT2D eigenvalue weighted by atomic mass is 9.95. The van der Waals surface area contributed by atoms with Crippen molar-refractivity contribution in [1.29, 1.82) is 0 Å². The number of alkyl carbamates (subject to hydrolysis) is 1. The molecule has 0 fully saturated rings. The lowest BCUT2D eigenvalue weighted by molar-refractivity contribution is -0.148. The van der Waals surface area contributed by atoms with Gasteiger partial charge in [0.15, 0.2) is 0 Å². The molecule has 32 heavy (non-hydrogen) atoms. The minimum Gasteiger partial charge on any atom is -0.466 e. The summed E-state index contributed by atoms with van der Waals surface area (Å²) in [5, 5.41) is 2.53. The summed E-state index contributed by atoms with van der Waals surface area (Å²) < 4.78 is 15.0. The van der Waals surface area contributed by atoms with Crippen LogP contribution in [0.4, 0.5) is 4.79 Å². The monoisotopic (exact) mass is 435 g/mol. The van der Waals surface area contributed by atoms with E-state index in [1.807, 2.05) is 24.3 Å². The molecular weight excluding hydrogens is 410 g/mol. The van der Waals surface area contributed by atoms with E-state index in [1.165, 1.54) is 13.2 Å². The molecule has 0 saturated carbocycles. The van der Waals surface area contributed by atoms with E-state index in [0.29, 0.717) is 5.56 Å². The zero-order valence-corrected chi connectivity index (χ0v) is 18.0. The number of rotatable bonds is 8. The van der Waals surface area contributed by atoms with Gasteiger partial charge in [-0.2, -0.15) is 0 Å². The van der Waals surface area contributed by atoms with E-state index in [-0.39, 0.29) is 19.6 Å². The van der Waals surface area contributed by atoms with Gasteiger partial charge in [-0.15, -0.1) is 0 Å². The molecule has 0 aliphatic rings. The van der Waals surface area contributed by atoms with Crippen molar-refractivity contribution in [3.8, 4) is 11.8 Å². The smallest absolute Gasteiger partial charge is 0.409 e. The molecule has 166 valence electrons. The maximum atomic E-state index is 12.9. The zero-order valence-electron chi connectivity index (χ0n) is 18.0. The molecule has 2 aromatic rings. The van der Waals surface area contributed by atoms with E-state index in [0.717, 1.165) is 11.6 Å². The Kier molecular flexibility index (Phi) is 9.54. The summed E-state index contributed by atoms with van der Waals surface area (Å²) in [7, 11) is 1.24. The Morgan fingerprint density at radius 1 is 1.00 bits per heavy atom. The highest BCUT2D eigenvalue weighted by Gasteiger charge is 2.40. The Hall–Kier alpha value is -4.05. The minimum atomic E-state index is -1.77. The van der Waals surface area contributed by atoms with E-state index < -0.39 is 23.6 Å². The van der Waals surface area contributed by atoms with Crippen LogP contribution in [-0.2, 0) is 30.4 Å². The Morgan fingerprint density at radius 2 is 1.66 bits per heavy atom. The largest absolute Gasteiger partial charge is 0.466 e. The van der Waals surface area contributed by atoms with Crippen LogP contribution in [0.25, 0.3) is 0 Å². The molecule has 0 spiro atoms. The predicted molar refractivity (Wildman–Crippen MR) is 118 cm³/mol. The average molecular weight is 435 g/mol. The van der Waals surface area contributed by atoms with Gasteiger partial charge in [0, 0.05) is 18.1 Å². The molecule has 0 aromatic heterocycles. The molecule has 0 radical (unpaired) electrons. The first-order valence-electron chi connectivity index (χ1n) is 9.98. The Labute approximate surface area is 187 Å². The summed E-state index contributed by atoms with van der Waals surface area (Å²) in [6.45, 7) is 1.73. The van der Waals surface area contributed by atoms with Crippen LogP contribution in [0.1, 0.15) is 24.5 Å². The quantitative estimate of drug-likeness (QED) is 0.296. The lowest BCUT2D eigenvalue weighted by Crippen LogP contribution is -2.54. The Morgan fingerprint density at radius 3 is 2.28 bits per heavy atom. The van der Waals surface area contributed by atoms with Gasteiger partial charge < -0.3 is 14.2 Å². The van der Waals surface area contributed by atoms with E-state index in [2.05, 4.69) is 21.9 Å². The fourth-order valence-corrected chi connectivity index (χ4v) is 2.61. The molecule has 0 heterocycles. The van der Waals surface area contributed by atoms with Gasteiger partial charge in [-0.25, -0.2) is 14.4 Å². The number of benzene rings is 2. The molecule has 7 heteroatoms. The van der Waals surface area contributed by atoms with Gasteiger partial charge in [0.2, 0.25) is 5.54 Å². The van der Waals surface area contributed by atoms with Gasteiger partial charge in [0.25, 0.3) is 0 Å². The van der Waals surface area contributed by atoms with Gasteiger partial charge in [-0.05, 0) is 24.6 Å². The molecule has 7 nitrogen and oxygen atoms in total. The molecule has 0 bridgehead atoms. The maximum absolute atomic E-state index is 12.9. The number of carbonyl (C=O) groups excluding carboxylic acids is 3. The first kappa shape index (κ1) is 24.2. The van der Waals surface area contributed by atoms with Crippen LogP contribution in [0.5, 0.6) is 0 Å². The number of hydrogen-bond acceptors (Lipinski definition) is 6. The van der Waals surface area contributed by atoms with Crippen molar-refractivity contribution in [3.05, 3.63) is 83.9 Å². The summed E-state index contributed by atoms with van der Waals surface area (Å²) in [6, 6.07) is 18.1. The van der Waals surface area contributed by atoms with E-state index in [9.17, 15) is 14.4 Å². The highest BCUT2D eigenvalue weighted by atomic mass is 16.6. The summed E-state index contributed by atoms with van der Waals surface area (Å²) in [5.74, 6) is 4.33. The fraction of sp³-hybridized carbons (Fsp3) is 0.240. The number of esters is 2. The molecule has 1 amide bonds. The minimum absolute atomic E-state index is 0.00962.